The predicted molar refractivity (Wildman–Crippen MR) is 104 cm³/mol. The first kappa shape index (κ1) is 18.7. The minimum Gasteiger partial charge on any atom is -0.497 e. The highest BCUT2D eigenvalue weighted by molar-refractivity contribution is 6.42. The number of nitrogens with zero attached hydrogens (tertiary/aromatic N) is 2. The highest BCUT2D eigenvalue weighted by atomic mass is 35.5. The molecule has 26 heavy (non-hydrogen) atoms. The zero-order chi connectivity index (χ0) is 18.7. The average molecular weight is 395 g/mol. The van der Waals surface area contributed by atoms with E-state index >= 15 is 0 Å². The maximum absolute atomic E-state index is 12.7. The minimum atomic E-state index is -0.0357. The summed E-state index contributed by atoms with van der Waals surface area (Å²) in [6.45, 7) is 2.70. The molecule has 2 aromatic rings. The van der Waals surface area contributed by atoms with E-state index < -0.39 is 0 Å². The van der Waals surface area contributed by atoms with Gasteiger partial charge in [0.2, 0.25) is 0 Å². The second-order valence-corrected chi connectivity index (χ2v) is 6.79. The van der Waals surface area contributed by atoms with Crippen LogP contribution in [0.2, 0.25) is 10.0 Å². The molecule has 1 fully saturated rings. The Morgan fingerprint density at radius 2 is 1.50 bits per heavy atom. The van der Waals surface area contributed by atoms with Crippen molar-refractivity contribution in [1.29, 1.82) is 0 Å². The molecule has 2 aromatic carbocycles. The molecule has 138 valence electrons. The monoisotopic (exact) mass is 394 g/mol. The van der Waals surface area contributed by atoms with Gasteiger partial charge in [-0.2, -0.15) is 0 Å². The summed E-state index contributed by atoms with van der Waals surface area (Å²) in [6, 6.07) is 10.8. The lowest BCUT2D eigenvalue weighted by Crippen LogP contribution is -2.48. The third kappa shape index (κ3) is 4.00. The number of carbonyl (C=O) groups is 1. The first-order valence-corrected chi connectivity index (χ1v) is 8.99. The number of ether oxygens (including phenoxy) is 2. The van der Waals surface area contributed by atoms with Crippen molar-refractivity contribution in [3.05, 3.63) is 52.0 Å². The molecule has 0 radical (unpaired) electrons. The van der Waals surface area contributed by atoms with Gasteiger partial charge in [0.1, 0.15) is 11.5 Å². The van der Waals surface area contributed by atoms with Crippen molar-refractivity contribution >= 4 is 34.8 Å². The Bertz CT molecular complexity index is 783. The number of piperazine rings is 1. The number of halogens is 2. The van der Waals surface area contributed by atoms with Gasteiger partial charge < -0.3 is 19.3 Å². The number of amides is 1. The summed E-state index contributed by atoms with van der Waals surface area (Å²) in [7, 11) is 3.26. The predicted octanol–water partition coefficient (Wildman–Crippen LogP) is 3.97. The highest BCUT2D eigenvalue weighted by Gasteiger charge is 2.23. The van der Waals surface area contributed by atoms with Gasteiger partial charge in [-0.3, -0.25) is 4.79 Å². The Balaban J connectivity index is 1.69. The highest BCUT2D eigenvalue weighted by Crippen LogP contribution is 2.29. The first-order chi connectivity index (χ1) is 12.5. The van der Waals surface area contributed by atoms with Crippen LogP contribution >= 0.6 is 23.2 Å². The molecule has 0 spiro atoms. The lowest BCUT2D eigenvalue weighted by Gasteiger charge is -2.36. The van der Waals surface area contributed by atoms with Crippen LogP contribution in [0.4, 0.5) is 5.69 Å². The molecule has 0 saturated carbocycles. The van der Waals surface area contributed by atoms with Gasteiger partial charge in [0.15, 0.2) is 0 Å². The quantitative estimate of drug-likeness (QED) is 0.786. The summed E-state index contributed by atoms with van der Waals surface area (Å²) in [5, 5.41) is 0.833. The van der Waals surface area contributed by atoms with Crippen molar-refractivity contribution in [3.8, 4) is 11.5 Å². The molecule has 7 heteroatoms. The molecule has 0 aliphatic carbocycles. The van der Waals surface area contributed by atoms with Gasteiger partial charge in [-0.1, -0.05) is 23.2 Å². The van der Waals surface area contributed by atoms with Crippen LogP contribution in [-0.2, 0) is 0 Å². The Morgan fingerprint density at radius 3 is 2.04 bits per heavy atom. The second-order valence-electron chi connectivity index (χ2n) is 5.98. The van der Waals surface area contributed by atoms with Crippen LogP contribution in [0.25, 0.3) is 0 Å². The molecule has 0 unspecified atom stereocenters. The van der Waals surface area contributed by atoms with Crippen molar-refractivity contribution in [2.75, 3.05) is 45.3 Å². The maximum atomic E-state index is 12.7. The summed E-state index contributed by atoms with van der Waals surface area (Å²) in [5.74, 6) is 1.45. The first-order valence-electron chi connectivity index (χ1n) is 8.24. The standard InChI is InChI=1S/C19H20Cl2N2O3/c1-25-15-10-14(11-16(12-15)26-2)22-5-7-23(8-6-22)19(24)13-3-4-17(20)18(21)9-13/h3-4,9-12H,5-8H2,1-2H3. The van der Waals surface area contributed by atoms with Crippen LogP contribution < -0.4 is 14.4 Å². The van der Waals surface area contributed by atoms with Gasteiger partial charge in [-0.15, -0.1) is 0 Å². The lowest BCUT2D eigenvalue weighted by atomic mass is 10.1. The number of anilines is 1. The van der Waals surface area contributed by atoms with E-state index in [1.807, 2.05) is 23.1 Å². The number of hydrogen-bond donors (Lipinski definition) is 0. The number of benzene rings is 2. The van der Waals surface area contributed by atoms with Gasteiger partial charge in [0, 0.05) is 55.6 Å². The normalized spacial score (nSPS) is 14.3. The van der Waals surface area contributed by atoms with E-state index in [1.54, 1.807) is 32.4 Å². The van der Waals surface area contributed by atoms with Crippen LogP contribution in [0.5, 0.6) is 11.5 Å². The summed E-state index contributed by atoms with van der Waals surface area (Å²) >= 11 is 11.9. The van der Waals surface area contributed by atoms with Crippen molar-refractivity contribution < 1.29 is 14.3 Å². The number of hydrogen-bond acceptors (Lipinski definition) is 4. The fraction of sp³-hybridized carbons (Fsp3) is 0.316. The number of carbonyl (C=O) groups excluding carboxylic acids is 1. The molecule has 5 nitrogen and oxygen atoms in total. The van der Waals surface area contributed by atoms with E-state index in [1.165, 1.54) is 0 Å². The van der Waals surface area contributed by atoms with Gasteiger partial charge in [-0.25, -0.2) is 0 Å². The van der Waals surface area contributed by atoms with Gasteiger partial charge in [-0.05, 0) is 18.2 Å². The van der Waals surface area contributed by atoms with Gasteiger partial charge in [0.05, 0.1) is 24.3 Å². The Labute approximate surface area is 163 Å². The minimum absolute atomic E-state index is 0.0357. The molecule has 1 saturated heterocycles. The van der Waals surface area contributed by atoms with E-state index in [0.717, 1.165) is 30.3 Å². The molecule has 0 N–H and O–H groups in total. The molecule has 3 rings (SSSR count). The molecule has 0 aromatic heterocycles. The molecule has 0 bridgehead atoms. The van der Waals surface area contributed by atoms with Crippen LogP contribution in [0.3, 0.4) is 0 Å². The summed E-state index contributed by atoms with van der Waals surface area (Å²) in [5.41, 5.74) is 1.57. The van der Waals surface area contributed by atoms with Crippen molar-refractivity contribution in [2.45, 2.75) is 0 Å². The van der Waals surface area contributed by atoms with E-state index in [-0.39, 0.29) is 5.91 Å². The van der Waals surface area contributed by atoms with E-state index in [2.05, 4.69) is 4.90 Å². The van der Waals surface area contributed by atoms with Crippen molar-refractivity contribution in [1.82, 2.24) is 4.90 Å². The van der Waals surface area contributed by atoms with Crippen LogP contribution in [0, 0.1) is 0 Å². The Kier molecular flexibility index (Phi) is 5.79. The van der Waals surface area contributed by atoms with Crippen LogP contribution in [-0.4, -0.2) is 51.2 Å². The van der Waals surface area contributed by atoms with Gasteiger partial charge in [0.25, 0.3) is 5.91 Å². The third-order valence-corrected chi connectivity index (χ3v) is 5.17. The van der Waals surface area contributed by atoms with Crippen LogP contribution in [0.1, 0.15) is 10.4 Å². The van der Waals surface area contributed by atoms with Crippen LogP contribution in [0.15, 0.2) is 36.4 Å². The SMILES string of the molecule is COc1cc(OC)cc(N2CCN(C(=O)c3ccc(Cl)c(Cl)c3)CC2)c1. The molecule has 1 aliphatic rings. The van der Waals surface area contributed by atoms with Crippen molar-refractivity contribution in [2.24, 2.45) is 0 Å². The lowest BCUT2D eigenvalue weighted by molar-refractivity contribution is 0.0746. The van der Waals surface area contributed by atoms with Crippen molar-refractivity contribution in [3.63, 3.8) is 0 Å². The number of rotatable bonds is 4. The molecular weight excluding hydrogens is 375 g/mol. The fourth-order valence-corrected chi connectivity index (χ4v) is 3.25. The smallest absolute Gasteiger partial charge is 0.254 e. The zero-order valence-electron chi connectivity index (χ0n) is 14.7. The summed E-state index contributed by atoms with van der Waals surface area (Å²) < 4.78 is 10.7. The molecule has 1 heterocycles. The largest absolute Gasteiger partial charge is 0.497 e. The fourth-order valence-electron chi connectivity index (χ4n) is 2.95. The van der Waals surface area contributed by atoms with E-state index in [4.69, 9.17) is 32.7 Å². The summed E-state index contributed by atoms with van der Waals surface area (Å²) in [6.07, 6.45) is 0. The molecule has 1 aliphatic heterocycles. The van der Waals surface area contributed by atoms with E-state index in [0.29, 0.717) is 28.7 Å². The third-order valence-electron chi connectivity index (χ3n) is 4.43. The van der Waals surface area contributed by atoms with E-state index in [9.17, 15) is 4.79 Å². The maximum Gasteiger partial charge on any atom is 0.254 e. The molecular formula is C19H20Cl2N2O3. The summed E-state index contributed by atoms with van der Waals surface area (Å²) in [4.78, 5) is 16.7. The topological polar surface area (TPSA) is 42.0 Å². The second kappa shape index (κ2) is 8.06. The number of methoxy groups -OCH3 is 2. The Hall–Kier alpha value is -2.11. The zero-order valence-corrected chi connectivity index (χ0v) is 16.2. The Morgan fingerprint density at radius 1 is 0.885 bits per heavy atom. The van der Waals surface area contributed by atoms with Gasteiger partial charge >= 0.3 is 0 Å². The average Bonchev–Trinajstić information content (AvgIpc) is 2.69. The molecule has 1 amide bonds. The molecule has 0 atom stereocenters.